The number of thiophene rings is 2. The quantitative estimate of drug-likeness (QED) is 0.623. The molecule has 112 valence electrons. The number of rotatable bonds is 5. The molecule has 0 bridgehead atoms. The van der Waals surface area contributed by atoms with Gasteiger partial charge in [0.15, 0.2) is 0 Å². The fourth-order valence-corrected chi connectivity index (χ4v) is 3.90. The topological polar surface area (TPSA) is 33.2 Å². The number of halogens is 1. The van der Waals surface area contributed by atoms with Gasteiger partial charge in [-0.1, -0.05) is 12.1 Å². The smallest absolute Gasteiger partial charge is 0.256 e. The first-order chi connectivity index (χ1) is 10.7. The minimum Gasteiger partial charge on any atom is -0.328 e. The van der Waals surface area contributed by atoms with E-state index in [1.807, 2.05) is 33.9 Å². The lowest BCUT2D eigenvalue weighted by Gasteiger charge is -2.21. The Labute approximate surface area is 145 Å². The van der Waals surface area contributed by atoms with E-state index < -0.39 is 0 Å². The molecule has 0 saturated carbocycles. The van der Waals surface area contributed by atoms with Crippen LogP contribution in [0.1, 0.15) is 20.1 Å². The highest BCUT2D eigenvalue weighted by atomic mass is 79.9. The Morgan fingerprint density at radius 3 is 2.23 bits per heavy atom. The normalized spacial score (nSPS) is 10.6. The lowest BCUT2D eigenvalue weighted by Crippen LogP contribution is -2.29. The van der Waals surface area contributed by atoms with Crippen LogP contribution in [0.25, 0.3) is 0 Å². The lowest BCUT2D eigenvalue weighted by atomic mass is 10.2. The first kappa shape index (κ1) is 15.4. The molecule has 0 saturated heterocycles. The van der Waals surface area contributed by atoms with E-state index in [9.17, 15) is 4.79 Å². The zero-order valence-corrected chi connectivity index (χ0v) is 14.8. The summed E-state index contributed by atoms with van der Waals surface area (Å²) in [6, 6.07) is 9.94. The highest BCUT2D eigenvalue weighted by Crippen LogP contribution is 2.20. The zero-order chi connectivity index (χ0) is 15.4. The minimum atomic E-state index is -0.00407. The van der Waals surface area contributed by atoms with Gasteiger partial charge in [0.1, 0.15) is 0 Å². The molecule has 3 aromatic rings. The van der Waals surface area contributed by atoms with E-state index >= 15 is 0 Å². The van der Waals surface area contributed by atoms with Crippen LogP contribution in [0, 0.1) is 0 Å². The Bertz CT molecular complexity index is 705. The molecule has 6 heteroatoms. The average molecular weight is 393 g/mol. The highest BCUT2D eigenvalue weighted by Gasteiger charge is 2.18. The predicted octanol–water partition coefficient (Wildman–Crippen LogP) is 4.81. The van der Waals surface area contributed by atoms with E-state index in [0.29, 0.717) is 18.7 Å². The average Bonchev–Trinajstić information content (AvgIpc) is 3.19. The molecule has 0 aliphatic rings. The molecular formula is C16H13BrN2OS2. The number of aromatic nitrogens is 1. The summed E-state index contributed by atoms with van der Waals surface area (Å²) in [6.45, 7) is 1.22. The molecule has 22 heavy (non-hydrogen) atoms. The van der Waals surface area contributed by atoms with E-state index in [4.69, 9.17) is 0 Å². The van der Waals surface area contributed by atoms with Crippen molar-refractivity contribution in [1.82, 2.24) is 9.88 Å². The van der Waals surface area contributed by atoms with Gasteiger partial charge in [0.05, 0.1) is 18.7 Å². The molecule has 3 aromatic heterocycles. The van der Waals surface area contributed by atoms with Gasteiger partial charge in [-0.25, -0.2) is 0 Å². The monoisotopic (exact) mass is 392 g/mol. The molecule has 0 aliphatic carbocycles. The SMILES string of the molecule is O=C(c1cncc(Br)c1)N(Cc1cccs1)Cc1cccs1. The van der Waals surface area contributed by atoms with Crippen molar-refractivity contribution in [3.8, 4) is 0 Å². The minimum absolute atomic E-state index is 0.00407. The first-order valence-electron chi connectivity index (χ1n) is 6.67. The largest absolute Gasteiger partial charge is 0.328 e. The Balaban J connectivity index is 1.85. The Morgan fingerprint density at radius 2 is 1.73 bits per heavy atom. The molecular weight excluding hydrogens is 380 g/mol. The van der Waals surface area contributed by atoms with Gasteiger partial charge >= 0.3 is 0 Å². The second kappa shape index (κ2) is 7.17. The molecule has 0 unspecified atom stereocenters. The molecule has 0 radical (unpaired) electrons. The third-order valence-electron chi connectivity index (χ3n) is 3.09. The molecule has 3 heterocycles. The molecule has 0 atom stereocenters. The van der Waals surface area contributed by atoms with E-state index in [1.165, 1.54) is 9.75 Å². The maximum atomic E-state index is 12.8. The van der Waals surface area contributed by atoms with Crippen LogP contribution in [0.3, 0.4) is 0 Å². The van der Waals surface area contributed by atoms with Crippen molar-refractivity contribution in [2.45, 2.75) is 13.1 Å². The van der Waals surface area contributed by atoms with Crippen LogP contribution in [-0.2, 0) is 13.1 Å². The van der Waals surface area contributed by atoms with Crippen LogP contribution in [0.15, 0.2) is 58.0 Å². The fourth-order valence-electron chi connectivity index (χ4n) is 2.09. The number of hydrogen-bond acceptors (Lipinski definition) is 4. The van der Waals surface area contributed by atoms with Gasteiger partial charge in [-0.3, -0.25) is 9.78 Å². The van der Waals surface area contributed by atoms with Crippen LogP contribution in [0.5, 0.6) is 0 Å². The third-order valence-corrected chi connectivity index (χ3v) is 5.25. The van der Waals surface area contributed by atoms with Crippen molar-refractivity contribution in [2.24, 2.45) is 0 Å². The first-order valence-corrected chi connectivity index (χ1v) is 9.22. The summed E-state index contributed by atoms with van der Waals surface area (Å²) in [5.41, 5.74) is 0.600. The Hall–Kier alpha value is -1.50. The molecule has 1 amide bonds. The summed E-state index contributed by atoms with van der Waals surface area (Å²) >= 11 is 6.70. The van der Waals surface area contributed by atoms with Gasteiger partial charge in [0, 0.05) is 26.6 Å². The van der Waals surface area contributed by atoms with Crippen molar-refractivity contribution < 1.29 is 4.79 Å². The molecule has 0 spiro atoms. The van der Waals surface area contributed by atoms with Crippen LogP contribution in [-0.4, -0.2) is 15.8 Å². The molecule has 0 fully saturated rings. The van der Waals surface area contributed by atoms with E-state index in [2.05, 4.69) is 33.0 Å². The standard InChI is InChI=1S/C16H13BrN2OS2/c17-13-7-12(8-18-9-13)16(20)19(10-14-3-1-5-21-14)11-15-4-2-6-22-15/h1-9H,10-11H2. The van der Waals surface area contributed by atoms with Crippen molar-refractivity contribution >= 4 is 44.5 Å². The zero-order valence-electron chi connectivity index (χ0n) is 11.6. The summed E-state index contributed by atoms with van der Waals surface area (Å²) in [7, 11) is 0. The number of amides is 1. The third kappa shape index (κ3) is 3.82. The maximum absolute atomic E-state index is 12.8. The number of nitrogens with zero attached hydrogens (tertiary/aromatic N) is 2. The fraction of sp³-hybridized carbons (Fsp3) is 0.125. The lowest BCUT2D eigenvalue weighted by molar-refractivity contribution is 0.0733. The van der Waals surface area contributed by atoms with Gasteiger partial charge in [0.2, 0.25) is 0 Å². The summed E-state index contributed by atoms with van der Waals surface area (Å²) < 4.78 is 0.811. The molecule has 0 aromatic carbocycles. The van der Waals surface area contributed by atoms with Crippen LogP contribution in [0.2, 0.25) is 0 Å². The van der Waals surface area contributed by atoms with Gasteiger partial charge in [0.25, 0.3) is 5.91 Å². The van der Waals surface area contributed by atoms with Crippen molar-refractivity contribution in [2.75, 3.05) is 0 Å². The summed E-state index contributed by atoms with van der Waals surface area (Å²) in [5, 5.41) is 4.06. The van der Waals surface area contributed by atoms with Crippen LogP contribution >= 0.6 is 38.6 Å². The van der Waals surface area contributed by atoms with Crippen molar-refractivity contribution in [3.05, 3.63) is 73.3 Å². The van der Waals surface area contributed by atoms with E-state index in [-0.39, 0.29) is 5.91 Å². The van der Waals surface area contributed by atoms with Gasteiger partial charge in [-0.2, -0.15) is 0 Å². The van der Waals surface area contributed by atoms with Gasteiger partial charge < -0.3 is 4.90 Å². The summed E-state index contributed by atoms with van der Waals surface area (Å²) in [5.74, 6) is -0.00407. The van der Waals surface area contributed by atoms with Gasteiger partial charge in [-0.05, 0) is 44.9 Å². The van der Waals surface area contributed by atoms with Crippen molar-refractivity contribution in [3.63, 3.8) is 0 Å². The molecule has 0 aliphatic heterocycles. The second-order valence-electron chi connectivity index (χ2n) is 4.71. The highest BCUT2D eigenvalue weighted by molar-refractivity contribution is 9.10. The Morgan fingerprint density at radius 1 is 1.09 bits per heavy atom. The molecule has 0 N–H and O–H groups in total. The second-order valence-corrected chi connectivity index (χ2v) is 7.69. The predicted molar refractivity (Wildman–Crippen MR) is 94.2 cm³/mol. The molecule has 3 rings (SSSR count). The van der Waals surface area contributed by atoms with Crippen LogP contribution in [0.4, 0.5) is 0 Å². The van der Waals surface area contributed by atoms with Crippen LogP contribution < -0.4 is 0 Å². The summed E-state index contributed by atoms with van der Waals surface area (Å²) in [4.78, 5) is 21.1. The number of carbonyl (C=O) groups excluding carboxylic acids is 1. The van der Waals surface area contributed by atoms with E-state index in [0.717, 1.165) is 4.47 Å². The van der Waals surface area contributed by atoms with Gasteiger partial charge in [-0.15, -0.1) is 22.7 Å². The number of carbonyl (C=O) groups is 1. The molecule has 3 nitrogen and oxygen atoms in total. The van der Waals surface area contributed by atoms with Crippen molar-refractivity contribution in [1.29, 1.82) is 0 Å². The number of hydrogen-bond donors (Lipinski definition) is 0. The maximum Gasteiger partial charge on any atom is 0.256 e. The van der Waals surface area contributed by atoms with E-state index in [1.54, 1.807) is 35.1 Å². The Kier molecular flexibility index (Phi) is 5.02. The summed E-state index contributed by atoms with van der Waals surface area (Å²) in [6.07, 6.45) is 3.29. The number of pyridine rings is 1.